The minimum atomic E-state index is -0.0484. The Morgan fingerprint density at radius 2 is 1.84 bits per heavy atom. The van der Waals surface area contributed by atoms with Crippen LogP contribution in [-0.4, -0.2) is 47.8 Å². The van der Waals surface area contributed by atoms with Crippen molar-refractivity contribution >= 4 is 0 Å². The van der Waals surface area contributed by atoms with Gasteiger partial charge in [-0.05, 0) is 50.6 Å². The van der Waals surface area contributed by atoms with Gasteiger partial charge in [0, 0.05) is 12.6 Å². The van der Waals surface area contributed by atoms with Gasteiger partial charge in [-0.1, -0.05) is 27.2 Å². The lowest BCUT2D eigenvalue weighted by Crippen LogP contribution is -2.60. The highest BCUT2D eigenvalue weighted by Gasteiger charge is 2.46. The molecule has 1 heterocycles. The van der Waals surface area contributed by atoms with E-state index in [2.05, 4.69) is 31.0 Å². The molecule has 0 bridgehead atoms. The smallest absolute Gasteiger partial charge is 0.0628 e. The first-order chi connectivity index (χ1) is 9.09. The van der Waals surface area contributed by atoms with Gasteiger partial charge in [-0.15, -0.1) is 0 Å². The summed E-state index contributed by atoms with van der Waals surface area (Å²) in [5.41, 5.74) is -0.0484. The molecule has 19 heavy (non-hydrogen) atoms. The fraction of sp³-hybridized carbons (Fsp3) is 1.00. The second-order valence-electron chi connectivity index (χ2n) is 7.02. The number of nitrogens with one attached hydrogen (secondary N) is 1. The molecule has 0 aromatic rings. The fourth-order valence-electron chi connectivity index (χ4n) is 3.68. The minimum absolute atomic E-state index is 0.0484. The fourth-order valence-corrected chi connectivity index (χ4v) is 3.68. The van der Waals surface area contributed by atoms with Crippen LogP contribution in [0, 0.1) is 11.8 Å². The third kappa shape index (κ3) is 3.93. The molecule has 112 valence electrons. The van der Waals surface area contributed by atoms with Gasteiger partial charge in [-0.3, -0.25) is 0 Å². The zero-order valence-electron chi connectivity index (χ0n) is 13.0. The summed E-state index contributed by atoms with van der Waals surface area (Å²) < 4.78 is 0. The van der Waals surface area contributed by atoms with Gasteiger partial charge in [0.15, 0.2) is 0 Å². The highest BCUT2D eigenvalue weighted by molar-refractivity contribution is 5.03. The van der Waals surface area contributed by atoms with E-state index < -0.39 is 0 Å². The van der Waals surface area contributed by atoms with E-state index in [9.17, 15) is 5.11 Å². The molecule has 0 radical (unpaired) electrons. The normalized spacial score (nSPS) is 25.7. The summed E-state index contributed by atoms with van der Waals surface area (Å²) >= 11 is 0. The number of likely N-dealkylation sites (tertiary alicyclic amines) is 1. The lowest BCUT2D eigenvalue weighted by molar-refractivity contribution is 0.0666. The molecule has 1 saturated carbocycles. The van der Waals surface area contributed by atoms with E-state index in [1.807, 2.05) is 0 Å². The molecule has 3 heteroatoms. The van der Waals surface area contributed by atoms with E-state index in [1.165, 1.54) is 45.2 Å². The molecule has 2 N–H and O–H groups in total. The van der Waals surface area contributed by atoms with Gasteiger partial charge in [-0.25, -0.2) is 0 Å². The highest BCUT2D eigenvalue weighted by atomic mass is 16.3. The van der Waals surface area contributed by atoms with E-state index >= 15 is 0 Å². The Bertz CT molecular complexity index is 270. The van der Waals surface area contributed by atoms with Crippen molar-refractivity contribution in [2.75, 3.05) is 26.2 Å². The van der Waals surface area contributed by atoms with Gasteiger partial charge in [0.2, 0.25) is 0 Å². The molecule has 1 aliphatic heterocycles. The maximum atomic E-state index is 9.98. The summed E-state index contributed by atoms with van der Waals surface area (Å²) in [6, 6.07) is 0.445. The summed E-state index contributed by atoms with van der Waals surface area (Å²) in [6.07, 6.45) is 6.57. The zero-order chi connectivity index (χ0) is 13.9. The van der Waals surface area contributed by atoms with Crippen LogP contribution in [0.2, 0.25) is 0 Å². The Hall–Kier alpha value is -0.120. The Morgan fingerprint density at radius 1 is 1.21 bits per heavy atom. The summed E-state index contributed by atoms with van der Waals surface area (Å²) in [6.45, 7) is 10.4. The Morgan fingerprint density at radius 3 is 2.26 bits per heavy atom. The molecule has 1 saturated heterocycles. The second kappa shape index (κ2) is 6.55. The standard InChI is InChI=1S/C16H32N2O/c1-4-14-7-9-18(10-8-14)11-16(12-19,15-5-6-15)17-13(2)3/h13-15,17,19H,4-12H2,1-3H3. The van der Waals surface area contributed by atoms with E-state index in [4.69, 9.17) is 0 Å². The van der Waals surface area contributed by atoms with Crippen LogP contribution in [0.1, 0.15) is 52.9 Å². The third-order valence-electron chi connectivity index (χ3n) is 5.01. The summed E-state index contributed by atoms with van der Waals surface area (Å²) in [7, 11) is 0. The van der Waals surface area contributed by atoms with E-state index in [-0.39, 0.29) is 12.1 Å². The number of aliphatic hydroxyl groups excluding tert-OH is 1. The van der Waals surface area contributed by atoms with E-state index in [0.717, 1.165) is 12.5 Å². The monoisotopic (exact) mass is 268 g/mol. The van der Waals surface area contributed by atoms with Crippen molar-refractivity contribution < 1.29 is 5.11 Å². The van der Waals surface area contributed by atoms with Crippen LogP contribution >= 0.6 is 0 Å². The van der Waals surface area contributed by atoms with Crippen LogP contribution in [0.15, 0.2) is 0 Å². The number of hydrogen-bond donors (Lipinski definition) is 2. The average Bonchev–Trinajstić information content (AvgIpc) is 3.23. The van der Waals surface area contributed by atoms with E-state index in [1.54, 1.807) is 0 Å². The van der Waals surface area contributed by atoms with Crippen LogP contribution in [0.3, 0.4) is 0 Å². The first kappa shape index (κ1) is 15.3. The SMILES string of the molecule is CCC1CCN(CC(CO)(NC(C)C)C2CC2)CC1. The van der Waals surface area contributed by atoms with Crippen LogP contribution in [-0.2, 0) is 0 Å². The number of aliphatic hydroxyl groups is 1. The molecule has 1 aliphatic carbocycles. The first-order valence-electron chi connectivity index (χ1n) is 8.20. The van der Waals surface area contributed by atoms with Crippen molar-refractivity contribution in [1.82, 2.24) is 10.2 Å². The topological polar surface area (TPSA) is 35.5 Å². The molecular weight excluding hydrogens is 236 g/mol. The molecule has 2 fully saturated rings. The van der Waals surface area contributed by atoms with Crippen LogP contribution in [0.5, 0.6) is 0 Å². The molecular formula is C16H32N2O. The number of rotatable bonds is 7. The predicted molar refractivity (Wildman–Crippen MR) is 80.3 cm³/mol. The Kier molecular flexibility index (Phi) is 5.27. The average molecular weight is 268 g/mol. The first-order valence-corrected chi connectivity index (χ1v) is 8.20. The van der Waals surface area contributed by atoms with Gasteiger partial charge in [0.25, 0.3) is 0 Å². The van der Waals surface area contributed by atoms with Crippen molar-refractivity contribution in [3.05, 3.63) is 0 Å². The molecule has 0 spiro atoms. The second-order valence-corrected chi connectivity index (χ2v) is 7.02. The van der Waals surface area contributed by atoms with Crippen molar-refractivity contribution in [3.63, 3.8) is 0 Å². The lowest BCUT2D eigenvalue weighted by atomic mass is 9.89. The summed E-state index contributed by atoms with van der Waals surface area (Å²) in [5, 5.41) is 13.7. The maximum Gasteiger partial charge on any atom is 0.0628 e. The van der Waals surface area contributed by atoms with Crippen LogP contribution in [0.4, 0.5) is 0 Å². The van der Waals surface area contributed by atoms with Gasteiger partial charge >= 0.3 is 0 Å². The van der Waals surface area contributed by atoms with Gasteiger partial charge < -0.3 is 15.3 Å². The van der Waals surface area contributed by atoms with Gasteiger partial charge in [0.05, 0.1) is 12.1 Å². The molecule has 0 aromatic carbocycles. The van der Waals surface area contributed by atoms with E-state index in [0.29, 0.717) is 12.0 Å². The van der Waals surface area contributed by atoms with Crippen LogP contribution in [0.25, 0.3) is 0 Å². The molecule has 1 unspecified atom stereocenters. The maximum absolute atomic E-state index is 9.98. The Balaban J connectivity index is 1.92. The number of hydrogen-bond acceptors (Lipinski definition) is 3. The van der Waals surface area contributed by atoms with Crippen molar-refractivity contribution in [2.24, 2.45) is 11.8 Å². The summed E-state index contributed by atoms with van der Waals surface area (Å²) in [5.74, 6) is 1.61. The number of nitrogens with zero attached hydrogens (tertiary/aromatic N) is 1. The highest BCUT2D eigenvalue weighted by Crippen LogP contribution is 2.40. The summed E-state index contributed by atoms with van der Waals surface area (Å²) in [4.78, 5) is 2.58. The minimum Gasteiger partial charge on any atom is -0.394 e. The quantitative estimate of drug-likeness (QED) is 0.743. The van der Waals surface area contributed by atoms with Gasteiger partial charge in [-0.2, -0.15) is 0 Å². The molecule has 2 aliphatic rings. The molecule has 1 atom stereocenters. The van der Waals surface area contributed by atoms with Crippen molar-refractivity contribution in [1.29, 1.82) is 0 Å². The largest absolute Gasteiger partial charge is 0.394 e. The Labute approximate surface area is 118 Å². The molecule has 3 nitrogen and oxygen atoms in total. The molecule has 2 rings (SSSR count). The van der Waals surface area contributed by atoms with Gasteiger partial charge in [0.1, 0.15) is 0 Å². The third-order valence-corrected chi connectivity index (χ3v) is 5.01. The molecule has 0 amide bonds. The zero-order valence-corrected chi connectivity index (χ0v) is 13.0. The molecule has 0 aromatic heterocycles. The van der Waals surface area contributed by atoms with Crippen molar-refractivity contribution in [3.8, 4) is 0 Å². The number of piperidine rings is 1. The predicted octanol–water partition coefficient (Wildman–Crippen LogP) is 2.25. The lowest BCUT2D eigenvalue weighted by Gasteiger charge is -2.42. The van der Waals surface area contributed by atoms with Crippen LogP contribution < -0.4 is 5.32 Å². The van der Waals surface area contributed by atoms with Crippen molar-refractivity contribution in [2.45, 2.75) is 64.5 Å².